The minimum atomic E-state index is 0.217. The number of methoxy groups -OCH3 is 1. The predicted molar refractivity (Wildman–Crippen MR) is 74.4 cm³/mol. The molecule has 1 unspecified atom stereocenters. The molecule has 6 heteroatoms. The molecule has 0 aromatic carbocycles. The number of ether oxygens (including phenoxy) is 2. The lowest BCUT2D eigenvalue weighted by atomic mass is 10.4. The number of hydrogen-bond acceptors (Lipinski definition) is 4. The van der Waals surface area contributed by atoms with Crippen LogP contribution in [0.25, 0.3) is 0 Å². The Labute approximate surface area is 110 Å². The van der Waals surface area contributed by atoms with Crippen molar-refractivity contribution in [2.45, 2.75) is 13.0 Å². The largest absolute Gasteiger partial charge is 0.383 e. The summed E-state index contributed by atoms with van der Waals surface area (Å²) in [7, 11) is 5.73. The second-order valence-corrected chi connectivity index (χ2v) is 4.58. The van der Waals surface area contributed by atoms with Gasteiger partial charge in [0.25, 0.3) is 0 Å². The van der Waals surface area contributed by atoms with Crippen LogP contribution in [0, 0.1) is 0 Å². The molecular formula is C11H25N3O2S. The van der Waals surface area contributed by atoms with Gasteiger partial charge in [-0.1, -0.05) is 0 Å². The molecule has 0 bridgehead atoms. The maximum absolute atomic E-state index is 5.43. The van der Waals surface area contributed by atoms with E-state index in [0.29, 0.717) is 18.3 Å². The standard InChI is InChI=1S/C11H25N3O2S/c1-10(9-15-4)13-11(17)12-5-7-16-8-6-14(2)3/h10H,5-9H2,1-4H3,(H2,12,13,17). The third kappa shape index (κ3) is 11.8. The molecule has 0 fully saturated rings. The molecule has 1 atom stereocenters. The molecule has 0 aliphatic heterocycles. The molecule has 0 saturated heterocycles. The van der Waals surface area contributed by atoms with Gasteiger partial charge in [0.15, 0.2) is 5.11 Å². The summed E-state index contributed by atoms with van der Waals surface area (Å²) in [5.74, 6) is 0. The molecule has 0 aliphatic carbocycles. The predicted octanol–water partition coefficient (Wildman–Crippen LogP) is 0.0636. The Morgan fingerprint density at radius 1 is 1.35 bits per heavy atom. The first kappa shape index (κ1) is 16.6. The lowest BCUT2D eigenvalue weighted by molar-refractivity contribution is 0.121. The van der Waals surface area contributed by atoms with Crippen LogP contribution in [0.3, 0.4) is 0 Å². The minimum Gasteiger partial charge on any atom is -0.383 e. The first-order chi connectivity index (χ1) is 8.06. The lowest BCUT2D eigenvalue weighted by Gasteiger charge is -2.16. The van der Waals surface area contributed by atoms with Gasteiger partial charge in [0.1, 0.15) is 0 Å². The summed E-state index contributed by atoms with van der Waals surface area (Å²) in [4.78, 5) is 2.09. The van der Waals surface area contributed by atoms with E-state index in [1.165, 1.54) is 0 Å². The Balaban J connectivity index is 3.33. The molecule has 0 aromatic heterocycles. The molecule has 0 aromatic rings. The fourth-order valence-corrected chi connectivity index (χ4v) is 1.46. The van der Waals surface area contributed by atoms with Gasteiger partial charge in [0, 0.05) is 26.2 Å². The van der Waals surface area contributed by atoms with Gasteiger partial charge < -0.3 is 25.0 Å². The van der Waals surface area contributed by atoms with E-state index < -0.39 is 0 Å². The molecule has 5 nitrogen and oxygen atoms in total. The van der Waals surface area contributed by atoms with E-state index in [1.807, 2.05) is 21.0 Å². The van der Waals surface area contributed by atoms with Crippen LogP contribution in [0.2, 0.25) is 0 Å². The van der Waals surface area contributed by atoms with E-state index in [1.54, 1.807) is 7.11 Å². The molecular weight excluding hydrogens is 238 g/mol. The van der Waals surface area contributed by atoms with Crippen molar-refractivity contribution in [3.63, 3.8) is 0 Å². The average molecular weight is 263 g/mol. The van der Waals surface area contributed by atoms with E-state index in [0.717, 1.165) is 19.7 Å². The third-order valence-electron chi connectivity index (χ3n) is 2.01. The summed E-state index contributed by atoms with van der Waals surface area (Å²) in [6.07, 6.45) is 0. The van der Waals surface area contributed by atoms with Crippen molar-refractivity contribution in [2.24, 2.45) is 0 Å². The van der Waals surface area contributed by atoms with E-state index >= 15 is 0 Å². The summed E-state index contributed by atoms with van der Waals surface area (Å²) in [5.41, 5.74) is 0. The smallest absolute Gasteiger partial charge is 0.166 e. The van der Waals surface area contributed by atoms with Crippen molar-refractivity contribution in [3.05, 3.63) is 0 Å². The zero-order valence-corrected chi connectivity index (χ0v) is 12.1. The Kier molecular flexibility index (Phi) is 10.4. The molecule has 102 valence electrons. The van der Waals surface area contributed by atoms with Crippen LogP contribution in [0.1, 0.15) is 6.92 Å². The third-order valence-corrected chi connectivity index (χ3v) is 2.27. The van der Waals surface area contributed by atoms with Gasteiger partial charge >= 0.3 is 0 Å². The molecule has 0 heterocycles. The van der Waals surface area contributed by atoms with Crippen LogP contribution in [-0.2, 0) is 9.47 Å². The second-order valence-electron chi connectivity index (χ2n) is 4.17. The first-order valence-corrected chi connectivity index (χ1v) is 6.23. The molecule has 0 spiro atoms. The molecule has 2 N–H and O–H groups in total. The number of hydrogen-bond donors (Lipinski definition) is 2. The van der Waals surface area contributed by atoms with E-state index in [9.17, 15) is 0 Å². The Morgan fingerprint density at radius 3 is 2.65 bits per heavy atom. The SMILES string of the molecule is COCC(C)NC(=S)NCCOCCN(C)C. The van der Waals surface area contributed by atoms with Crippen molar-refractivity contribution in [2.75, 3.05) is 54.1 Å². The van der Waals surface area contributed by atoms with Gasteiger partial charge in [0.05, 0.1) is 19.8 Å². The highest BCUT2D eigenvalue weighted by Gasteiger charge is 2.02. The van der Waals surface area contributed by atoms with Crippen molar-refractivity contribution >= 4 is 17.3 Å². The highest BCUT2D eigenvalue weighted by Crippen LogP contribution is 1.82. The topological polar surface area (TPSA) is 45.8 Å². The number of nitrogens with zero attached hydrogens (tertiary/aromatic N) is 1. The number of rotatable bonds is 9. The molecule has 0 saturated carbocycles. The zero-order valence-electron chi connectivity index (χ0n) is 11.3. The van der Waals surface area contributed by atoms with Gasteiger partial charge in [-0.2, -0.15) is 0 Å². The zero-order chi connectivity index (χ0) is 13.1. The van der Waals surface area contributed by atoms with Crippen LogP contribution >= 0.6 is 12.2 Å². The van der Waals surface area contributed by atoms with Gasteiger partial charge in [-0.3, -0.25) is 0 Å². The van der Waals surface area contributed by atoms with Gasteiger partial charge in [-0.05, 0) is 33.2 Å². The molecule has 0 aliphatic rings. The van der Waals surface area contributed by atoms with Crippen LogP contribution in [-0.4, -0.2) is 70.2 Å². The van der Waals surface area contributed by atoms with Crippen molar-refractivity contribution < 1.29 is 9.47 Å². The van der Waals surface area contributed by atoms with E-state index in [4.69, 9.17) is 21.7 Å². The summed E-state index contributed by atoms with van der Waals surface area (Å²) < 4.78 is 10.4. The second kappa shape index (κ2) is 10.7. The first-order valence-electron chi connectivity index (χ1n) is 5.82. The minimum absolute atomic E-state index is 0.217. The van der Waals surface area contributed by atoms with Gasteiger partial charge in [-0.15, -0.1) is 0 Å². The highest BCUT2D eigenvalue weighted by atomic mass is 32.1. The fourth-order valence-electron chi connectivity index (χ4n) is 1.15. The summed E-state index contributed by atoms with van der Waals surface area (Å²) in [5, 5.41) is 6.85. The van der Waals surface area contributed by atoms with Crippen molar-refractivity contribution in [3.8, 4) is 0 Å². The Bertz CT molecular complexity index is 203. The van der Waals surface area contributed by atoms with Crippen LogP contribution in [0.5, 0.6) is 0 Å². The van der Waals surface area contributed by atoms with Crippen molar-refractivity contribution in [1.29, 1.82) is 0 Å². The van der Waals surface area contributed by atoms with Crippen molar-refractivity contribution in [1.82, 2.24) is 15.5 Å². The molecule has 17 heavy (non-hydrogen) atoms. The molecule has 0 rings (SSSR count). The highest BCUT2D eigenvalue weighted by molar-refractivity contribution is 7.80. The van der Waals surface area contributed by atoms with E-state index in [2.05, 4.69) is 15.5 Å². The quantitative estimate of drug-likeness (QED) is 0.453. The number of nitrogens with one attached hydrogen (secondary N) is 2. The monoisotopic (exact) mass is 263 g/mol. The van der Waals surface area contributed by atoms with Crippen LogP contribution < -0.4 is 10.6 Å². The van der Waals surface area contributed by atoms with Crippen LogP contribution in [0.4, 0.5) is 0 Å². The average Bonchev–Trinajstić information content (AvgIpc) is 2.23. The number of likely N-dealkylation sites (N-methyl/N-ethyl adjacent to an activating group) is 1. The van der Waals surface area contributed by atoms with E-state index in [-0.39, 0.29) is 6.04 Å². The summed E-state index contributed by atoms with van der Waals surface area (Å²) in [6, 6.07) is 0.217. The van der Waals surface area contributed by atoms with Gasteiger partial charge in [-0.25, -0.2) is 0 Å². The number of thiocarbonyl (C=S) groups is 1. The maximum atomic E-state index is 5.43. The Morgan fingerprint density at radius 2 is 2.06 bits per heavy atom. The van der Waals surface area contributed by atoms with Gasteiger partial charge in [0.2, 0.25) is 0 Å². The molecule has 0 amide bonds. The molecule has 0 radical (unpaired) electrons. The van der Waals surface area contributed by atoms with Crippen LogP contribution in [0.15, 0.2) is 0 Å². The summed E-state index contributed by atoms with van der Waals surface area (Å²) in [6.45, 7) is 5.72. The maximum Gasteiger partial charge on any atom is 0.166 e. The normalized spacial score (nSPS) is 12.5. The summed E-state index contributed by atoms with van der Waals surface area (Å²) >= 11 is 5.12. The fraction of sp³-hybridized carbons (Fsp3) is 0.909. The Hall–Kier alpha value is -0.430. The lowest BCUT2D eigenvalue weighted by Crippen LogP contribution is -2.43.